The van der Waals surface area contributed by atoms with E-state index in [4.69, 9.17) is 23.7 Å². The third-order valence-electron chi connectivity index (χ3n) is 5.28. The van der Waals surface area contributed by atoms with Gasteiger partial charge in [0.05, 0.1) is 26.0 Å². The molecule has 148 valence electrons. The van der Waals surface area contributed by atoms with E-state index >= 15 is 0 Å². The molecule has 2 aromatic carbocycles. The number of hydrogen-bond acceptors (Lipinski definition) is 6. The average molecular weight is 390 g/mol. The van der Waals surface area contributed by atoms with Crippen LogP contribution in [0.5, 0.6) is 17.2 Å². The molecular formula is C23H22N2O4. The molecule has 0 unspecified atom stereocenters. The van der Waals surface area contributed by atoms with Gasteiger partial charge in [-0.1, -0.05) is 12.1 Å². The predicted molar refractivity (Wildman–Crippen MR) is 108 cm³/mol. The Morgan fingerprint density at radius 1 is 1.10 bits per heavy atom. The number of para-hydroxylation sites is 1. The number of hydrazone groups is 1. The maximum atomic E-state index is 6.44. The maximum Gasteiger partial charge on any atom is 0.214 e. The number of methoxy groups -OCH3 is 1. The minimum atomic E-state index is -0.369. The fraction of sp³-hybridized carbons (Fsp3) is 0.261. The lowest BCUT2D eigenvalue weighted by Gasteiger charge is -2.38. The molecule has 5 rings (SSSR count). The van der Waals surface area contributed by atoms with E-state index in [0.29, 0.717) is 6.61 Å². The molecule has 2 aliphatic heterocycles. The summed E-state index contributed by atoms with van der Waals surface area (Å²) in [5.74, 6) is 3.12. The van der Waals surface area contributed by atoms with Crippen molar-refractivity contribution in [3.05, 3.63) is 77.7 Å². The molecule has 3 heterocycles. The summed E-state index contributed by atoms with van der Waals surface area (Å²) in [4.78, 5) is 0. The number of ether oxygens (including phenoxy) is 3. The highest BCUT2D eigenvalue weighted by molar-refractivity contribution is 5.99. The van der Waals surface area contributed by atoms with Gasteiger partial charge in [-0.05, 0) is 49.4 Å². The van der Waals surface area contributed by atoms with E-state index in [-0.39, 0.29) is 12.3 Å². The van der Waals surface area contributed by atoms with Crippen molar-refractivity contribution < 1.29 is 18.6 Å². The second-order valence-electron chi connectivity index (χ2n) is 6.97. The van der Waals surface area contributed by atoms with Gasteiger partial charge in [-0.25, -0.2) is 5.01 Å². The zero-order valence-electron chi connectivity index (χ0n) is 16.4. The van der Waals surface area contributed by atoms with Gasteiger partial charge >= 0.3 is 0 Å². The van der Waals surface area contributed by atoms with Crippen molar-refractivity contribution in [2.45, 2.75) is 25.6 Å². The zero-order chi connectivity index (χ0) is 19.8. The van der Waals surface area contributed by atoms with Crippen molar-refractivity contribution in [1.82, 2.24) is 5.01 Å². The maximum absolute atomic E-state index is 6.44. The SMILES string of the molecule is CCOc1ccc([C@@H]2Oc3c(OC)cccc3[C@@H]3CC(c4ccco4)=NN32)cc1. The zero-order valence-corrected chi connectivity index (χ0v) is 16.4. The molecule has 0 N–H and O–H groups in total. The molecule has 0 aliphatic carbocycles. The lowest BCUT2D eigenvalue weighted by Crippen LogP contribution is -2.33. The molecule has 2 aliphatic rings. The predicted octanol–water partition coefficient (Wildman–Crippen LogP) is 4.93. The fourth-order valence-corrected chi connectivity index (χ4v) is 3.95. The molecule has 0 amide bonds. The number of hydrogen-bond donors (Lipinski definition) is 0. The van der Waals surface area contributed by atoms with Gasteiger partial charge in [0, 0.05) is 17.5 Å². The van der Waals surface area contributed by atoms with Crippen LogP contribution in [0.4, 0.5) is 0 Å². The summed E-state index contributed by atoms with van der Waals surface area (Å²) in [5.41, 5.74) is 2.98. The molecule has 1 aromatic heterocycles. The summed E-state index contributed by atoms with van der Waals surface area (Å²) in [6.07, 6.45) is 2.05. The molecule has 0 spiro atoms. The van der Waals surface area contributed by atoms with Gasteiger partial charge in [-0.2, -0.15) is 5.10 Å². The van der Waals surface area contributed by atoms with Gasteiger partial charge in [0.25, 0.3) is 0 Å². The van der Waals surface area contributed by atoms with Crippen molar-refractivity contribution in [1.29, 1.82) is 0 Å². The molecule has 0 saturated heterocycles. The van der Waals surface area contributed by atoms with Crippen molar-refractivity contribution >= 4 is 5.71 Å². The summed E-state index contributed by atoms with van der Waals surface area (Å²) in [6.45, 7) is 2.61. The van der Waals surface area contributed by atoms with Crippen LogP contribution in [0.1, 0.15) is 42.5 Å². The first-order chi connectivity index (χ1) is 14.3. The average Bonchev–Trinajstić information content (AvgIpc) is 3.43. The molecule has 6 heteroatoms. The Kier molecular flexibility index (Phi) is 4.39. The minimum Gasteiger partial charge on any atom is -0.494 e. The summed E-state index contributed by atoms with van der Waals surface area (Å²) in [6, 6.07) is 17.8. The van der Waals surface area contributed by atoms with E-state index in [1.54, 1.807) is 13.4 Å². The van der Waals surface area contributed by atoms with E-state index in [0.717, 1.165) is 46.3 Å². The van der Waals surface area contributed by atoms with E-state index in [1.165, 1.54) is 0 Å². The first kappa shape index (κ1) is 17.7. The first-order valence-corrected chi connectivity index (χ1v) is 9.74. The second kappa shape index (κ2) is 7.20. The first-order valence-electron chi connectivity index (χ1n) is 9.74. The molecule has 0 bridgehead atoms. The molecule has 0 saturated carbocycles. The topological polar surface area (TPSA) is 56.4 Å². The van der Waals surface area contributed by atoms with Gasteiger partial charge in [0.1, 0.15) is 17.2 Å². The standard InChI is InChI=1S/C23H22N2O4/c1-3-27-16-11-9-15(10-12-16)23-25-19(14-18(24-25)20-8-5-13-28-20)17-6-4-7-21(26-2)22(17)29-23/h4-13,19,23H,3,14H2,1-2H3/t19-,23-/m0/s1. The summed E-state index contributed by atoms with van der Waals surface area (Å²) < 4.78 is 23.2. The van der Waals surface area contributed by atoms with E-state index in [9.17, 15) is 0 Å². The number of furan rings is 1. The number of fused-ring (bicyclic) bond motifs is 3. The van der Waals surface area contributed by atoms with Crippen LogP contribution in [0.25, 0.3) is 0 Å². The Morgan fingerprint density at radius 2 is 1.97 bits per heavy atom. The summed E-state index contributed by atoms with van der Waals surface area (Å²) in [7, 11) is 1.66. The number of rotatable bonds is 5. The van der Waals surface area contributed by atoms with Crippen LogP contribution in [0.2, 0.25) is 0 Å². The largest absolute Gasteiger partial charge is 0.494 e. The monoisotopic (exact) mass is 390 g/mol. The van der Waals surface area contributed by atoms with Gasteiger partial charge < -0.3 is 18.6 Å². The molecule has 0 radical (unpaired) electrons. The van der Waals surface area contributed by atoms with Crippen molar-refractivity contribution in [2.24, 2.45) is 5.10 Å². The van der Waals surface area contributed by atoms with Crippen molar-refractivity contribution in [2.75, 3.05) is 13.7 Å². The Balaban J connectivity index is 1.57. The van der Waals surface area contributed by atoms with Crippen LogP contribution >= 0.6 is 0 Å². The third-order valence-corrected chi connectivity index (χ3v) is 5.28. The minimum absolute atomic E-state index is 0.0468. The van der Waals surface area contributed by atoms with Gasteiger partial charge in [0.2, 0.25) is 6.23 Å². The molecular weight excluding hydrogens is 368 g/mol. The van der Waals surface area contributed by atoms with E-state index in [2.05, 4.69) is 6.07 Å². The summed E-state index contributed by atoms with van der Waals surface area (Å²) in [5, 5.41) is 6.91. The van der Waals surface area contributed by atoms with Crippen molar-refractivity contribution in [3.63, 3.8) is 0 Å². The molecule has 2 atom stereocenters. The lowest BCUT2D eigenvalue weighted by molar-refractivity contribution is -0.0209. The third kappa shape index (κ3) is 3.01. The highest BCUT2D eigenvalue weighted by Gasteiger charge is 2.42. The Labute approximate surface area is 169 Å². The highest BCUT2D eigenvalue weighted by atomic mass is 16.5. The van der Waals surface area contributed by atoms with E-state index < -0.39 is 0 Å². The van der Waals surface area contributed by atoms with Gasteiger partial charge in [0.15, 0.2) is 11.5 Å². The Bertz CT molecular complexity index is 1030. The number of benzene rings is 2. The number of nitrogens with zero attached hydrogens (tertiary/aromatic N) is 2. The Morgan fingerprint density at radius 3 is 2.69 bits per heavy atom. The quantitative estimate of drug-likeness (QED) is 0.618. The molecule has 29 heavy (non-hydrogen) atoms. The molecule has 3 aromatic rings. The molecule has 0 fully saturated rings. The van der Waals surface area contributed by atoms with Crippen LogP contribution in [0.15, 0.2) is 70.4 Å². The van der Waals surface area contributed by atoms with Crippen LogP contribution in [0, 0.1) is 0 Å². The smallest absolute Gasteiger partial charge is 0.214 e. The van der Waals surface area contributed by atoms with Gasteiger partial charge in [-0.15, -0.1) is 0 Å². The molecule has 6 nitrogen and oxygen atoms in total. The fourth-order valence-electron chi connectivity index (χ4n) is 3.95. The second-order valence-corrected chi connectivity index (χ2v) is 6.97. The highest BCUT2D eigenvalue weighted by Crippen LogP contribution is 2.50. The van der Waals surface area contributed by atoms with Gasteiger partial charge in [-0.3, -0.25) is 0 Å². The van der Waals surface area contributed by atoms with E-state index in [1.807, 2.05) is 60.5 Å². The van der Waals surface area contributed by atoms with Crippen LogP contribution in [-0.2, 0) is 0 Å². The van der Waals surface area contributed by atoms with Crippen LogP contribution in [0.3, 0.4) is 0 Å². The van der Waals surface area contributed by atoms with Crippen molar-refractivity contribution in [3.8, 4) is 17.2 Å². The summed E-state index contributed by atoms with van der Waals surface area (Å²) >= 11 is 0. The lowest BCUT2D eigenvalue weighted by atomic mass is 9.97. The Hall–Kier alpha value is -3.41. The normalized spacial score (nSPS) is 19.8. The van der Waals surface area contributed by atoms with Crippen LogP contribution in [-0.4, -0.2) is 24.4 Å². The van der Waals surface area contributed by atoms with Crippen LogP contribution < -0.4 is 14.2 Å².